The van der Waals surface area contributed by atoms with Crippen molar-refractivity contribution >= 4 is 38.4 Å². The van der Waals surface area contributed by atoms with Gasteiger partial charge in [-0.25, -0.2) is 9.78 Å². The third-order valence-corrected chi connectivity index (χ3v) is 8.50. The molecule has 2 aromatic heterocycles. The fourth-order valence-electron chi connectivity index (χ4n) is 4.28. The van der Waals surface area contributed by atoms with Crippen molar-refractivity contribution in [1.82, 2.24) is 20.6 Å². The van der Waals surface area contributed by atoms with Gasteiger partial charge in [0.25, 0.3) is 0 Å². The first-order chi connectivity index (χ1) is 14.8. The lowest BCUT2D eigenvalue weighted by atomic mass is 10.1. The van der Waals surface area contributed by atoms with E-state index < -0.39 is 19.8 Å². The summed E-state index contributed by atoms with van der Waals surface area (Å²) in [6.07, 6.45) is 0.604. The summed E-state index contributed by atoms with van der Waals surface area (Å²) in [7, 11) is -4.12. The van der Waals surface area contributed by atoms with Crippen LogP contribution in [0.5, 0.6) is 0 Å². The van der Waals surface area contributed by atoms with E-state index in [2.05, 4.69) is 20.6 Å². The van der Waals surface area contributed by atoms with Crippen LogP contribution in [-0.2, 0) is 23.0 Å². The van der Waals surface area contributed by atoms with E-state index in [-0.39, 0.29) is 30.0 Å². The van der Waals surface area contributed by atoms with E-state index in [1.54, 1.807) is 18.2 Å². The molecule has 1 amide bonds. The molecular weight excluding hydrogens is 442 g/mol. The molecule has 2 aliphatic rings. The van der Waals surface area contributed by atoms with E-state index in [4.69, 9.17) is 16.0 Å². The number of aromatic nitrogens is 2. The Labute approximate surface area is 184 Å². The van der Waals surface area contributed by atoms with Gasteiger partial charge in [-0.2, -0.15) is 8.42 Å². The molecule has 1 fully saturated rings. The minimum Gasteiger partial charge on any atom is -0.434 e. The van der Waals surface area contributed by atoms with Crippen molar-refractivity contribution in [1.29, 1.82) is 0 Å². The van der Waals surface area contributed by atoms with Crippen molar-refractivity contribution in [3.05, 3.63) is 46.6 Å². The molecule has 1 aromatic carbocycles. The number of piperazine rings is 1. The minimum absolute atomic E-state index is 0.0216. The number of H-pyrrole nitrogens is 1. The highest BCUT2D eigenvalue weighted by Gasteiger charge is 2.54. The lowest BCUT2D eigenvalue weighted by Gasteiger charge is -2.35. The quantitative estimate of drug-likeness (QED) is 0.506. The van der Waals surface area contributed by atoms with Gasteiger partial charge in [-0.1, -0.05) is 11.6 Å². The van der Waals surface area contributed by atoms with Crippen LogP contribution in [0.1, 0.15) is 29.1 Å². The number of nitrogens with zero attached hydrogens (tertiary/aromatic N) is 2. The van der Waals surface area contributed by atoms with Gasteiger partial charge >= 0.3 is 21.8 Å². The average Bonchev–Trinajstić information content (AvgIpc) is 3.37. The average molecular weight is 465 g/mol. The predicted molar refractivity (Wildman–Crippen MR) is 114 cm³/mol. The van der Waals surface area contributed by atoms with E-state index in [1.165, 1.54) is 6.07 Å². The normalized spacial score (nSPS) is 21.2. The maximum Gasteiger partial charge on any atom is 0.417 e. The highest BCUT2D eigenvalue weighted by Crippen LogP contribution is 2.31. The third kappa shape index (κ3) is 3.30. The van der Waals surface area contributed by atoms with E-state index >= 15 is 0 Å². The number of benzene rings is 1. The van der Waals surface area contributed by atoms with Crippen LogP contribution in [0.2, 0.25) is 5.02 Å². The van der Waals surface area contributed by atoms with Gasteiger partial charge in [0, 0.05) is 48.0 Å². The molecule has 164 valence electrons. The molecule has 9 nitrogen and oxygen atoms in total. The van der Waals surface area contributed by atoms with Gasteiger partial charge in [0.1, 0.15) is 18.8 Å². The largest absolute Gasteiger partial charge is 0.434 e. The summed E-state index contributed by atoms with van der Waals surface area (Å²) in [4.78, 5) is 21.0. The van der Waals surface area contributed by atoms with Crippen LogP contribution in [0.4, 0.5) is 0 Å². The Kier molecular flexibility index (Phi) is 4.94. The van der Waals surface area contributed by atoms with E-state index in [0.717, 1.165) is 0 Å². The fourth-order valence-corrected chi connectivity index (χ4v) is 6.31. The summed E-state index contributed by atoms with van der Waals surface area (Å²) in [6, 6.07) is 6.82. The van der Waals surface area contributed by atoms with Crippen LogP contribution in [0, 0.1) is 0 Å². The zero-order valence-electron chi connectivity index (χ0n) is 16.9. The van der Waals surface area contributed by atoms with Crippen molar-refractivity contribution < 1.29 is 21.5 Å². The number of nitrogens with one attached hydrogen (secondary N) is 3. The molecule has 0 radical (unpaired) electrons. The Hall–Kier alpha value is -2.24. The van der Waals surface area contributed by atoms with Gasteiger partial charge in [0.2, 0.25) is 0 Å². The first kappa shape index (κ1) is 20.7. The first-order valence-electron chi connectivity index (χ1n) is 10.2. The van der Waals surface area contributed by atoms with Crippen molar-refractivity contribution in [3.8, 4) is 0 Å². The number of hydrogen-bond acceptors (Lipinski definition) is 7. The predicted octanol–water partition coefficient (Wildman–Crippen LogP) is 1.79. The Bertz CT molecular complexity index is 1280. The fraction of sp³-hybridized carbons (Fsp3) is 0.400. The van der Waals surface area contributed by atoms with Crippen LogP contribution >= 0.6 is 11.6 Å². The van der Waals surface area contributed by atoms with E-state index in [9.17, 15) is 13.2 Å². The van der Waals surface area contributed by atoms with E-state index in [0.29, 0.717) is 53.4 Å². The Morgan fingerprint density at radius 3 is 2.81 bits per heavy atom. The number of quaternary nitrogens is 1. The van der Waals surface area contributed by atoms with Crippen molar-refractivity contribution in [2.24, 2.45) is 0 Å². The Morgan fingerprint density at radius 1 is 1.26 bits per heavy atom. The van der Waals surface area contributed by atoms with Crippen LogP contribution in [0.15, 0.2) is 33.7 Å². The van der Waals surface area contributed by atoms with Crippen LogP contribution < -0.4 is 10.6 Å². The third-order valence-electron chi connectivity index (χ3n) is 6.04. The number of fused-ring (bicyclic) bond motifs is 2. The summed E-state index contributed by atoms with van der Waals surface area (Å²) in [5.74, 6) is -0.147. The van der Waals surface area contributed by atoms with Crippen LogP contribution in [0.3, 0.4) is 0 Å². The molecule has 4 heterocycles. The second kappa shape index (κ2) is 7.42. The number of hydrogen-bond donors (Lipinski definition) is 3. The Morgan fingerprint density at radius 2 is 2.03 bits per heavy atom. The van der Waals surface area contributed by atoms with Crippen molar-refractivity contribution in [3.63, 3.8) is 0 Å². The molecule has 31 heavy (non-hydrogen) atoms. The topological polar surface area (TPSA) is 117 Å². The SMILES string of the molecule is CC1Cc2oc(C(=O)[N+]3(S(=O)(=O)c4cc5cc(Cl)ccc5[nH]4)CCNCC3)nc2CN1. The standard InChI is InChI=1S/C20H23ClN5O4S/c1-12-8-17-16(11-23-12)25-19(30-17)20(27)26(6-4-22-5-7-26)31(28,29)18-10-13-9-14(21)2-3-15(13)24-18/h2-3,9-10,12,22-24H,4-8,11H2,1H3/q+1. The molecule has 3 aromatic rings. The lowest BCUT2D eigenvalue weighted by Crippen LogP contribution is -2.64. The van der Waals surface area contributed by atoms with Gasteiger partial charge in [0.15, 0.2) is 5.03 Å². The Balaban J connectivity index is 1.60. The van der Waals surface area contributed by atoms with Crippen LogP contribution in [-0.4, -0.2) is 60.4 Å². The van der Waals surface area contributed by atoms with Crippen molar-refractivity contribution in [2.45, 2.75) is 31.0 Å². The van der Waals surface area contributed by atoms with Gasteiger partial charge in [-0.05, 0) is 31.2 Å². The molecule has 0 bridgehead atoms. The highest BCUT2D eigenvalue weighted by molar-refractivity contribution is 7.86. The zero-order valence-corrected chi connectivity index (χ0v) is 18.5. The second-order valence-electron chi connectivity index (χ2n) is 8.11. The molecule has 0 spiro atoms. The first-order valence-corrected chi connectivity index (χ1v) is 12.0. The van der Waals surface area contributed by atoms with Crippen molar-refractivity contribution in [2.75, 3.05) is 26.2 Å². The van der Waals surface area contributed by atoms with Gasteiger partial charge in [0.05, 0.1) is 5.69 Å². The number of carbonyl (C=O) groups excluding carboxylic acids is 1. The maximum absolute atomic E-state index is 13.9. The second-order valence-corrected chi connectivity index (χ2v) is 10.6. The number of carbonyl (C=O) groups is 1. The molecule has 1 saturated heterocycles. The number of aromatic amines is 1. The summed E-state index contributed by atoms with van der Waals surface area (Å²) < 4.78 is 32.7. The van der Waals surface area contributed by atoms with E-state index in [1.807, 2.05) is 6.92 Å². The summed E-state index contributed by atoms with van der Waals surface area (Å²) in [6.45, 7) is 3.44. The van der Waals surface area contributed by atoms with Gasteiger partial charge in [-0.3, -0.25) is 0 Å². The number of oxazole rings is 1. The number of halogens is 1. The summed E-state index contributed by atoms with van der Waals surface area (Å²) >= 11 is 6.05. The van der Waals surface area contributed by atoms with Gasteiger partial charge in [-0.15, -0.1) is 3.89 Å². The lowest BCUT2D eigenvalue weighted by molar-refractivity contribution is -0.724. The minimum atomic E-state index is -4.12. The van der Waals surface area contributed by atoms with Gasteiger partial charge < -0.3 is 20.0 Å². The smallest absolute Gasteiger partial charge is 0.417 e. The molecule has 2 aliphatic heterocycles. The zero-order chi connectivity index (χ0) is 21.8. The molecule has 1 unspecified atom stereocenters. The molecule has 3 N–H and O–H groups in total. The molecule has 1 atom stereocenters. The number of rotatable bonds is 3. The number of sulfonamides is 1. The molecule has 0 saturated carbocycles. The molecular formula is C20H23ClN5O4S+. The maximum atomic E-state index is 13.9. The molecule has 11 heteroatoms. The number of amides is 1. The highest BCUT2D eigenvalue weighted by atomic mass is 35.5. The molecule has 0 aliphatic carbocycles. The van der Waals surface area contributed by atoms with Crippen LogP contribution in [0.25, 0.3) is 10.9 Å². The molecule has 5 rings (SSSR count). The summed E-state index contributed by atoms with van der Waals surface area (Å²) in [5.41, 5.74) is 1.29. The monoisotopic (exact) mass is 464 g/mol. The summed E-state index contributed by atoms with van der Waals surface area (Å²) in [5, 5.41) is 7.56.